The van der Waals surface area contributed by atoms with Crippen LogP contribution in [0.25, 0.3) is 0 Å². The Morgan fingerprint density at radius 2 is 2.20 bits per heavy atom. The molecule has 2 rings (SSSR count). The zero-order chi connectivity index (χ0) is 14.8. The first-order valence-electron chi connectivity index (χ1n) is 7.09. The highest BCUT2D eigenvalue weighted by atomic mass is 127. The second-order valence-corrected chi connectivity index (χ2v) is 7.55. The Hall–Kier alpha value is -0.780. The molecule has 0 aliphatic carbocycles. The van der Waals surface area contributed by atoms with Crippen LogP contribution < -0.4 is 0 Å². The molecule has 1 aliphatic rings. The fourth-order valence-corrected chi connectivity index (χ4v) is 3.15. The Bertz CT molecular complexity index is 482. The number of nitrogens with zero attached hydrogens (tertiary/aromatic N) is 1. The number of hydrogen-bond donors (Lipinski definition) is 0. The van der Waals surface area contributed by atoms with Crippen molar-refractivity contribution in [2.45, 2.75) is 51.7 Å². The molecular weight excluding hydrogens is 365 g/mol. The van der Waals surface area contributed by atoms with Gasteiger partial charge in [-0.25, -0.2) is 4.79 Å². The Kier molecular flexibility index (Phi) is 4.94. The number of amides is 1. The van der Waals surface area contributed by atoms with E-state index in [0.29, 0.717) is 0 Å². The summed E-state index contributed by atoms with van der Waals surface area (Å²) in [4.78, 5) is 14.1. The van der Waals surface area contributed by atoms with E-state index >= 15 is 0 Å². The summed E-state index contributed by atoms with van der Waals surface area (Å²) in [6.45, 7) is 6.55. The molecule has 1 aliphatic heterocycles. The number of ether oxygens (including phenoxy) is 1. The quantitative estimate of drug-likeness (QED) is 0.711. The highest BCUT2D eigenvalue weighted by Gasteiger charge is 2.32. The van der Waals surface area contributed by atoms with Gasteiger partial charge in [-0.3, -0.25) is 0 Å². The maximum absolute atomic E-state index is 12.2. The lowest BCUT2D eigenvalue weighted by Gasteiger charge is -2.28. The first-order chi connectivity index (χ1) is 9.35. The van der Waals surface area contributed by atoms with Gasteiger partial charge in [0.15, 0.2) is 0 Å². The molecule has 0 spiro atoms. The van der Waals surface area contributed by atoms with Gasteiger partial charge in [0.25, 0.3) is 0 Å². The van der Waals surface area contributed by atoms with Crippen molar-refractivity contribution in [3.8, 4) is 0 Å². The minimum atomic E-state index is -0.424. The molecule has 0 bridgehead atoms. The van der Waals surface area contributed by atoms with E-state index in [1.54, 1.807) is 0 Å². The van der Waals surface area contributed by atoms with E-state index in [-0.39, 0.29) is 12.1 Å². The molecule has 1 amide bonds. The summed E-state index contributed by atoms with van der Waals surface area (Å²) in [5, 5.41) is 0. The lowest BCUT2D eigenvalue weighted by atomic mass is 10.0. The SMILES string of the molecule is CC(C)(C)OC(=O)N1CCCC1Cc1cccc(I)c1. The molecule has 20 heavy (non-hydrogen) atoms. The van der Waals surface area contributed by atoms with Crippen LogP contribution in [-0.4, -0.2) is 29.2 Å². The predicted octanol–water partition coefficient (Wildman–Crippen LogP) is 4.23. The zero-order valence-electron chi connectivity index (χ0n) is 12.4. The fourth-order valence-electron chi connectivity index (χ4n) is 2.54. The van der Waals surface area contributed by atoms with Gasteiger partial charge in [0.2, 0.25) is 0 Å². The van der Waals surface area contributed by atoms with Gasteiger partial charge in [-0.05, 0) is 80.3 Å². The van der Waals surface area contributed by atoms with E-state index in [1.165, 1.54) is 9.13 Å². The second-order valence-electron chi connectivity index (χ2n) is 6.30. The van der Waals surface area contributed by atoms with Crippen LogP contribution in [0.5, 0.6) is 0 Å². The molecule has 3 nitrogen and oxygen atoms in total. The van der Waals surface area contributed by atoms with Gasteiger partial charge < -0.3 is 9.64 Å². The van der Waals surface area contributed by atoms with Crippen LogP contribution in [0.4, 0.5) is 4.79 Å². The van der Waals surface area contributed by atoms with Crippen molar-refractivity contribution in [1.29, 1.82) is 0 Å². The Balaban J connectivity index is 2.02. The van der Waals surface area contributed by atoms with E-state index in [0.717, 1.165) is 25.8 Å². The number of likely N-dealkylation sites (tertiary alicyclic amines) is 1. The third kappa shape index (κ3) is 4.36. The average molecular weight is 387 g/mol. The smallest absolute Gasteiger partial charge is 0.410 e. The summed E-state index contributed by atoms with van der Waals surface area (Å²) in [5.41, 5.74) is 0.865. The number of carbonyl (C=O) groups is 1. The van der Waals surface area contributed by atoms with Gasteiger partial charge in [-0.15, -0.1) is 0 Å². The van der Waals surface area contributed by atoms with Gasteiger partial charge >= 0.3 is 6.09 Å². The summed E-state index contributed by atoms with van der Waals surface area (Å²) >= 11 is 2.32. The van der Waals surface area contributed by atoms with E-state index in [1.807, 2.05) is 25.7 Å². The lowest BCUT2D eigenvalue weighted by Crippen LogP contribution is -2.40. The molecule has 0 aromatic heterocycles. The molecule has 0 saturated carbocycles. The summed E-state index contributed by atoms with van der Waals surface area (Å²) < 4.78 is 6.74. The Morgan fingerprint density at radius 1 is 1.45 bits per heavy atom. The van der Waals surface area contributed by atoms with E-state index in [4.69, 9.17) is 4.74 Å². The molecule has 1 aromatic rings. The third-order valence-electron chi connectivity index (χ3n) is 3.37. The van der Waals surface area contributed by atoms with Crippen LogP contribution >= 0.6 is 22.6 Å². The van der Waals surface area contributed by atoms with Crippen LogP contribution in [0.2, 0.25) is 0 Å². The summed E-state index contributed by atoms with van der Waals surface area (Å²) in [7, 11) is 0. The van der Waals surface area contributed by atoms with Crippen molar-refractivity contribution in [2.75, 3.05) is 6.54 Å². The third-order valence-corrected chi connectivity index (χ3v) is 4.04. The van der Waals surface area contributed by atoms with Crippen LogP contribution in [0.15, 0.2) is 24.3 Å². The molecule has 0 N–H and O–H groups in total. The topological polar surface area (TPSA) is 29.5 Å². The molecule has 0 radical (unpaired) electrons. The molecular formula is C16H22INO2. The van der Waals surface area contributed by atoms with Crippen molar-refractivity contribution in [1.82, 2.24) is 4.90 Å². The average Bonchev–Trinajstić information content (AvgIpc) is 2.75. The molecule has 1 heterocycles. The first-order valence-corrected chi connectivity index (χ1v) is 8.17. The van der Waals surface area contributed by atoms with Crippen LogP contribution in [0.3, 0.4) is 0 Å². The summed E-state index contributed by atoms with van der Waals surface area (Å²) in [6, 6.07) is 8.75. The number of rotatable bonds is 2. The van der Waals surface area contributed by atoms with Gasteiger partial charge in [0, 0.05) is 16.2 Å². The Labute approximate surface area is 134 Å². The molecule has 1 fully saturated rings. The van der Waals surface area contributed by atoms with Crippen molar-refractivity contribution in [3.05, 3.63) is 33.4 Å². The standard InChI is InChI=1S/C16H22INO2/c1-16(2,3)20-15(19)18-9-5-8-14(18)11-12-6-4-7-13(17)10-12/h4,6-7,10,14H,5,8-9,11H2,1-3H3. The highest BCUT2D eigenvalue weighted by molar-refractivity contribution is 14.1. The molecule has 1 unspecified atom stereocenters. The van der Waals surface area contributed by atoms with Crippen molar-refractivity contribution >= 4 is 28.7 Å². The fraction of sp³-hybridized carbons (Fsp3) is 0.562. The maximum atomic E-state index is 12.2. The Morgan fingerprint density at radius 3 is 2.85 bits per heavy atom. The molecule has 1 atom stereocenters. The van der Waals surface area contributed by atoms with Crippen molar-refractivity contribution < 1.29 is 9.53 Å². The minimum Gasteiger partial charge on any atom is -0.444 e. The van der Waals surface area contributed by atoms with Crippen LogP contribution in [0, 0.1) is 3.57 Å². The summed E-state index contributed by atoms with van der Waals surface area (Å²) in [6.07, 6.45) is 2.86. The lowest BCUT2D eigenvalue weighted by molar-refractivity contribution is 0.0227. The van der Waals surface area contributed by atoms with Gasteiger partial charge in [-0.1, -0.05) is 12.1 Å². The monoisotopic (exact) mass is 387 g/mol. The van der Waals surface area contributed by atoms with Crippen molar-refractivity contribution in [2.24, 2.45) is 0 Å². The zero-order valence-corrected chi connectivity index (χ0v) is 14.5. The number of halogens is 1. The van der Waals surface area contributed by atoms with Crippen LogP contribution in [0.1, 0.15) is 39.2 Å². The summed E-state index contributed by atoms with van der Waals surface area (Å²) in [5.74, 6) is 0. The molecule has 4 heteroatoms. The predicted molar refractivity (Wildman–Crippen MR) is 88.8 cm³/mol. The second kappa shape index (κ2) is 6.33. The number of benzene rings is 1. The van der Waals surface area contributed by atoms with Crippen molar-refractivity contribution in [3.63, 3.8) is 0 Å². The van der Waals surface area contributed by atoms with E-state index in [9.17, 15) is 4.79 Å². The van der Waals surface area contributed by atoms with Gasteiger partial charge in [0.1, 0.15) is 5.60 Å². The molecule has 1 saturated heterocycles. The largest absolute Gasteiger partial charge is 0.444 e. The van der Waals surface area contributed by atoms with E-state index < -0.39 is 5.60 Å². The first kappa shape index (κ1) is 15.6. The van der Waals surface area contributed by atoms with Gasteiger partial charge in [-0.2, -0.15) is 0 Å². The molecule has 110 valence electrons. The molecule has 1 aromatic carbocycles. The van der Waals surface area contributed by atoms with Crippen LogP contribution in [-0.2, 0) is 11.2 Å². The van der Waals surface area contributed by atoms with Gasteiger partial charge in [0.05, 0.1) is 0 Å². The normalized spacial score (nSPS) is 19.2. The number of carbonyl (C=O) groups excluding carboxylic acids is 1. The number of hydrogen-bond acceptors (Lipinski definition) is 2. The highest BCUT2D eigenvalue weighted by Crippen LogP contribution is 2.24. The van der Waals surface area contributed by atoms with E-state index in [2.05, 4.69) is 46.9 Å². The maximum Gasteiger partial charge on any atom is 0.410 e. The minimum absolute atomic E-state index is 0.175.